The van der Waals surface area contributed by atoms with Crippen molar-refractivity contribution in [1.82, 2.24) is 15.1 Å². The van der Waals surface area contributed by atoms with Crippen LogP contribution in [0.3, 0.4) is 0 Å². The Balaban J connectivity index is 2.60. The van der Waals surface area contributed by atoms with E-state index >= 15 is 0 Å². The Hall–Kier alpha value is -1.79. The number of amides is 3. The molecule has 2 N–H and O–H groups in total. The van der Waals surface area contributed by atoms with Gasteiger partial charge < -0.3 is 20.2 Å². The molecular formula is C13H23N3O4. The first-order valence-corrected chi connectivity index (χ1v) is 6.86. The molecule has 0 aliphatic carbocycles. The zero-order chi connectivity index (χ0) is 15.3. The summed E-state index contributed by atoms with van der Waals surface area (Å²) in [4.78, 5) is 38.0. The molecule has 1 unspecified atom stereocenters. The van der Waals surface area contributed by atoms with Crippen LogP contribution in [0, 0.1) is 5.92 Å². The highest BCUT2D eigenvalue weighted by molar-refractivity contribution is 5.85. The molecule has 0 aromatic heterocycles. The van der Waals surface area contributed by atoms with Crippen molar-refractivity contribution in [3.8, 4) is 0 Å². The summed E-state index contributed by atoms with van der Waals surface area (Å²) in [6.45, 7) is 2.69. The lowest BCUT2D eigenvalue weighted by Gasteiger charge is -2.34. The van der Waals surface area contributed by atoms with Crippen molar-refractivity contribution in [3.63, 3.8) is 0 Å². The standard InChI is InChI=1S/C13H23N3O4/c1-4-10(12(18)19)14-11(17)9-6-5-7-16(8-9)13(20)15(2)3/h9-10H,4-8H2,1-3H3,(H,14,17)(H,18,19)/t9?,10-/m0/s1. The maximum absolute atomic E-state index is 12.1. The molecule has 7 heteroatoms. The highest BCUT2D eigenvalue weighted by Gasteiger charge is 2.30. The molecule has 0 spiro atoms. The molecule has 0 aromatic rings. The Morgan fingerprint density at radius 2 is 2.05 bits per heavy atom. The molecule has 1 rings (SSSR count). The van der Waals surface area contributed by atoms with Crippen LogP contribution in [0.25, 0.3) is 0 Å². The van der Waals surface area contributed by atoms with Gasteiger partial charge in [0.2, 0.25) is 5.91 Å². The minimum absolute atomic E-state index is 0.118. The lowest BCUT2D eigenvalue weighted by molar-refractivity contribution is -0.142. The third kappa shape index (κ3) is 4.11. The van der Waals surface area contributed by atoms with E-state index in [0.717, 1.165) is 6.42 Å². The van der Waals surface area contributed by atoms with E-state index < -0.39 is 12.0 Å². The smallest absolute Gasteiger partial charge is 0.326 e. The number of rotatable bonds is 4. The number of hydrogen-bond donors (Lipinski definition) is 2. The van der Waals surface area contributed by atoms with Gasteiger partial charge in [0.05, 0.1) is 5.92 Å². The van der Waals surface area contributed by atoms with E-state index in [0.29, 0.717) is 25.9 Å². The number of carboxylic acid groups (broad SMARTS) is 1. The van der Waals surface area contributed by atoms with Gasteiger partial charge in [-0.3, -0.25) is 4.79 Å². The van der Waals surface area contributed by atoms with Gasteiger partial charge >= 0.3 is 12.0 Å². The van der Waals surface area contributed by atoms with Crippen LogP contribution < -0.4 is 5.32 Å². The molecule has 20 heavy (non-hydrogen) atoms. The van der Waals surface area contributed by atoms with E-state index in [1.54, 1.807) is 25.9 Å². The maximum atomic E-state index is 12.1. The van der Waals surface area contributed by atoms with Crippen LogP contribution in [0.4, 0.5) is 4.79 Å². The minimum Gasteiger partial charge on any atom is -0.480 e. The lowest BCUT2D eigenvalue weighted by atomic mass is 9.97. The van der Waals surface area contributed by atoms with Crippen LogP contribution in [0.2, 0.25) is 0 Å². The molecule has 1 fully saturated rings. The molecule has 0 radical (unpaired) electrons. The molecule has 2 atom stereocenters. The molecule has 114 valence electrons. The quantitative estimate of drug-likeness (QED) is 0.780. The van der Waals surface area contributed by atoms with Crippen molar-refractivity contribution in [1.29, 1.82) is 0 Å². The van der Waals surface area contributed by atoms with Gasteiger partial charge in [0.15, 0.2) is 0 Å². The Morgan fingerprint density at radius 3 is 2.55 bits per heavy atom. The first-order valence-electron chi connectivity index (χ1n) is 6.86. The molecule has 1 saturated heterocycles. The van der Waals surface area contributed by atoms with Gasteiger partial charge in [0.25, 0.3) is 0 Å². The van der Waals surface area contributed by atoms with Gasteiger partial charge in [0, 0.05) is 27.2 Å². The van der Waals surface area contributed by atoms with Crippen LogP contribution in [-0.4, -0.2) is 66.0 Å². The Bertz CT molecular complexity index is 384. The van der Waals surface area contributed by atoms with Crippen molar-refractivity contribution in [2.24, 2.45) is 5.92 Å². The second kappa shape index (κ2) is 7.12. The van der Waals surface area contributed by atoms with Gasteiger partial charge in [-0.15, -0.1) is 0 Å². The highest BCUT2D eigenvalue weighted by atomic mass is 16.4. The zero-order valence-electron chi connectivity index (χ0n) is 12.3. The SMILES string of the molecule is CC[C@H](NC(=O)C1CCCN(C(=O)N(C)C)C1)C(=O)O. The van der Waals surface area contributed by atoms with Crippen LogP contribution in [-0.2, 0) is 9.59 Å². The Labute approximate surface area is 118 Å². The molecule has 0 aromatic carbocycles. The van der Waals surface area contributed by atoms with Crippen molar-refractivity contribution in [2.45, 2.75) is 32.2 Å². The van der Waals surface area contributed by atoms with E-state index in [2.05, 4.69) is 5.32 Å². The number of carbonyl (C=O) groups is 3. The number of likely N-dealkylation sites (tertiary alicyclic amines) is 1. The number of urea groups is 1. The molecule has 3 amide bonds. The average Bonchev–Trinajstić information content (AvgIpc) is 2.43. The number of carbonyl (C=O) groups excluding carboxylic acids is 2. The van der Waals surface area contributed by atoms with E-state index in [4.69, 9.17) is 5.11 Å². The lowest BCUT2D eigenvalue weighted by Crippen LogP contribution is -2.50. The summed E-state index contributed by atoms with van der Waals surface area (Å²) in [6.07, 6.45) is 1.77. The summed E-state index contributed by atoms with van der Waals surface area (Å²) >= 11 is 0. The van der Waals surface area contributed by atoms with E-state index in [1.807, 2.05) is 0 Å². The average molecular weight is 285 g/mol. The molecule has 7 nitrogen and oxygen atoms in total. The second-order valence-electron chi connectivity index (χ2n) is 5.27. The molecule has 1 aliphatic rings. The molecule has 1 heterocycles. The third-order valence-corrected chi connectivity index (χ3v) is 3.47. The number of nitrogens with zero attached hydrogens (tertiary/aromatic N) is 2. The van der Waals surface area contributed by atoms with Crippen molar-refractivity contribution >= 4 is 17.9 Å². The third-order valence-electron chi connectivity index (χ3n) is 3.47. The van der Waals surface area contributed by atoms with E-state index in [1.165, 1.54) is 4.90 Å². The van der Waals surface area contributed by atoms with Gasteiger partial charge in [-0.05, 0) is 19.3 Å². The van der Waals surface area contributed by atoms with E-state index in [9.17, 15) is 14.4 Å². The van der Waals surface area contributed by atoms with Crippen LogP contribution >= 0.6 is 0 Å². The summed E-state index contributed by atoms with van der Waals surface area (Å²) in [5, 5.41) is 11.5. The first-order chi connectivity index (χ1) is 9.36. The zero-order valence-corrected chi connectivity index (χ0v) is 12.3. The molecule has 1 aliphatic heterocycles. The van der Waals surface area contributed by atoms with Crippen molar-refractivity contribution in [2.75, 3.05) is 27.2 Å². The summed E-state index contributed by atoms with van der Waals surface area (Å²) in [5.74, 6) is -1.64. The molecule has 0 bridgehead atoms. The first kappa shape index (κ1) is 16.3. The fourth-order valence-corrected chi connectivity index (χ4v) is 2.28. The summed E-state index contributed by atoms with van der Waals surface area (Å²) in [7, 11) is 3.34. The topological polar surface area (TPSA) is 90.0 Å². The van der Waals surface area contributed by atoms with Gasteiger partial charge in [-0.25, -0.2) is 9.59 Å². The van der Waals surface area contributed by atoms with Crippen LogP contribution in [0.1, 0.15) is 26.2 Å². The maximum Gasteiger partial charge on any atom is 0.326 e. The summed E-state index contributed by atoms with van der Waals surface area (Å²) < 4.78 is 0. The number of carboxylic acids is 1. The number of hydrogen-bond acceptors (Lipinski definition) is 3. The van der Waals surface area contributed by atoms with Crippen LogP contribution in [0.15, 0.2) is 0 Å². The van der Waals surface area contributed by atoms with Crippen molar-refractivity contribution in [3.05, 3.63) is 0 Å². The second-order valence-corrected chi connectivity index (χ2v) is 5.27. The normalized spacial score (nSPS) is 20.1. The molecular weight excluding hydrogens is 262 g/mol. The van der Waals surface area contributed by atoms with Gasteiger partial charge in [-0.1, -0.05) is 6.92 Å². The van der Waals surface area contributed by atoms with Crippen LogP contribution in [0.5, 0.6) is 0 Å². The number of nitrogens with one attached hydrogen (secondary N) is 1. The predicted octanol–water partition coefficient (Wildman–Crippen LogP) is 0.359. The fraction of sp³-hybridized carbons (Fsp3) is 0.769. The van der Waals surface area contributed by atoms with Gasteiger partial charge in [-0.2, -0.15) is 0 Å². The minimum atomic E-state index is -1.03. The fourth-order valence-electron chi connectivity index (χ4n) is 2.28. The van der Waals surface area contributed by atoms with E-state index in [-0.39, 0.29) is 17.9 Å². The van der Waals surface area contributed by atoms with Gasteiger partial charge in [0.1, 0.15) is 6.04 Å². The summed E-state index contributed by atoms with van der Waals surface area (Å²) in [5.41, 5.74) is 0. The Morgan fingerprint density at radius 1 is 1.40 bits per heavy atom. The summed E-state index contributed by atoms with van der Waals surface area (Å²) in [6, 6.07) is -0.977. The number of piperidine rings is 1. The number of aliphatic carboxylic acids is 1. The molecule has 0 saturated carbocycles. The highest BCUT2D eigenvalue weighted by Crippen LogP contribution is 2.18. The predicted molar refractivity (Wildman–Crippen MR) is 73.2 cm³/mol. The Kier molecular flexibility index (Phi) is 5.79. The van der Waals surface area contributed by atoms with Crippen molar-refractivity contribution < 1.29 is 19.5 Å². The largest absolute Gasteiger partial charge is 0.480 e. The monoisotopic (exact) mass is 285 g/mol.